The van der Waals surface area contributed by atoms with Gasteiger partial charge in [-0.05, 0) is 25.5 Å². The van der Waals surface area contributed by atoms with Crippen molar-refractivity contribution in [1.82, 2.24) is 14.8 Å². The van der Waals surface area contributed by atoms with Gasteiger partial charge >= 0.3 is 0 Å². The van der Waals surface area contributed by atoms with Gasteiger partial charge in [0.25, 0.3) is 11.8 Å². The maximum absolute atomic E-state index is 12.5. The molecule has 0 saturated carbocycles. The van der Waals surface area contributed by atoms with Gasteiger partial charge in [-0.25, -0.2) is 0 Å². The Morgan fingerprint density at radius 3 is 2.38 bits per heavy atom. The second-order valence-corrected chi connectivity index (χ2v) is 5.80. The van der Waals surface area contributed by atoms with Crippen LogP contribution in [0.15, 0.2) is 39.7 Å². The molecule has 0 aliphatic carbocycles. The monoisotopic (exact) mass is 329 g/mol. The Hall–Kier alpha value is -2.83. The molecule has 1 saturated heterocycles. The SMILES string of the molecule is Cc1ccoc1C(=O)N1CCCN(C(=O)c2cccc(=O)[nH]2)CC1. The minimum absolute atomic E-state index is 0.153. The molecule has 0 spiro atoms. The van der Waals surface area contributed by atoms with Gasteiger partial charge in [-0.15, -0.1) is 0 Å². The maximum atomic E-state index is 12.5. The number of amides is 2. The van der Waals surface area contributed by atoms with Crippen molar-refractivity contribution in [1.29, 1.82) is 0 Å². The van der Waals surface area contributed by atoms with Gasteiger partial charge in [0.15, 0.2) is 5.76 Å². The molecule has 1 aliphatic heterocycles. The first kappa shape index (κ1) is 16.0. The van der Waals surface area contributed by atoms with Crippen LogP contribution in [0.5, 0.6) is 0 Å². The molecule has 1 fully saturated rings. The number of hydrogen-bond donors (Lipinski definition) is 1. The van der Waals surface area contributed by atoms with E-state index in [9.17, 15) is 14.4 Å². The van der Waals surface area contributed by atoms with E-state index in [0.29, 0.717) is 38.4 Å². The highest BCUT2D eigenvalue weighted by Gasteiger charge is 2.25. The molecule has 0 aromatic carbocycles. The minimum atomic E-state index is -0.305. The number of H-pyrrole nitrogens is 1. The summed E-state index contributed by atoms with van der Waals surface area (Å²) in [5, 5.41) is 0. The lowest BCUT2D eigenvalue weighted by Crippen LogP contribution is -2.38. The molecule has 0 atom stereocenters. The largest absolute Gasteiger partial charge is 0.459 e. The molecule has 3 rings (SSSR count). The second kappa shape index (κ2) is 6.74. The highest BCUT2D eigenvalue weighted by Crippen LogP contribution is 2.14. The Labute approximate surface area is 138 Å². The van der Waals surface area contributed by atoms with E-state index in [1.165, 1.54) is 12.3 Å². The summed E-state index contributed by atoms with van der Waals surface area (Å²) in [6.07, 6.45) is 2.18. The van der Waals surface area contributed by atoms with E-state index in [4.69, 9.17) is 4.42 Å². The third-order valence-electron chi connectivity index (χ3n) is 4.13. The zero-order chi connectivity index (χ0) is 17.1. The van der Waals surface area contributed by atoms with Crippen molar-refractivity contribution in [3.63, 3.8) is 0 Å². The van der Waals surface area contributed by atoms with Gasteiger partial charge in [-0.2, -0.15) is 0 Å². The second-order valence-electron chi connectivity index (χ2n) is 5.80. The van der Waals surface area contributed by atoms with E-state index in [1.807, 2.05) is 6.92 Å². The molecule has 126 valence electrons. The number of hydrogen-bond acceptors (Lipinski definition) is 4. The number of aryl methyl sites for hydroxylation is 1. The Bertz CT molecular complexity index is 808. The topological polar surface area (TPSA) is 86.6 Å². The summed E-state index contributed by atoms with van der Waals surface area (Å²) in [7, 11) is 0. The molecule has 2 aromatic heterocycles. The smallest absolute Gasteiger partial charge is 0.289 e. The Morgan fingerprint density at radius 2 is 1.75 bits per heavy atom. The van der Waals surface area contributed by atoms with Gasteiger partial charge in [0.1, 0.15) is 5.69 Å². The number of aromatic nitrogens is 1. The molecule has 0 radical (unpaired) electrons. The van der Waals surface area contributed by atoms with Crippen molar-refractivity contribution in [2.24, 2.45) is 0 Å². The molecule has 0 bridgehead atoms. The highest BCUT2D eigenvalue weighted by molar-refractivity contribution is 5.93. The van der Waals surface area contributed by atoms with E-state index in [-0.39, 0.29) is 23.1 Å². The number of furan rings is 1. The molecular weight excluding hydrogens is 310 g/mol. The van der Waals surface area contributed by atoms with E-state index in [1.54, 1.807) is 28.0 Å². The lowest BCUT2D eigenvalue weighted by atomic mass is 10.2. The molecule has 1 N–H and O–H groups in total. The zero-order valence-corrected chi connectivity index (χ0v) is 13.4. The summed E-state index contributed by atoms with van der Waals surface area (Å²) in [6, 6.07) is 6.26. The first-order chi connectivity index (χ1) is 11.6. The summed E-state index contributed by atoms with van der Waals surface area (Å²) in [5.41, 5.74) is 0.768. The van der Waals surface area contributed by atoms with Crippen molar-refractivity contribution >= 4 is 11.8 Å². The van der Waals surface area contributed by atoms with Gasteiger partial charge in [0, 0.05) is 37.8 Å². The van der Waals surface area contributed by atoms with E-state index in [2.05, 4.69) is 4.98 Å². The average Bonchev–Trinajstić information content (AvgIpc) is 2.85. The molecule has 2 aromatic rings. The Balaban J connectivity index is 1.69. The first-order valence-electron chi connectivity index (χ1n) is 7.88. The Kier molecular flexibility index (Phi) is 4.50. The van der Waals surface area contributed by atoms with Crippen LogP contribution in [-0.2, 0) is 0 Å². The standard InChI is InChI=1S/C17H19N3O4/c1-12-6-11-24-15(12)17(23)20-8-3-7-19(9-10-20)16(22)13-4-2-5-14(21)18-13/h2,4-6,11H,3,7-10H2,1H3,(H,18,21). The zero-order valence-electron chi connectivity index (χ0n) is 13.4. The summed E-state index contributed by atoms with van der Waals surface area (Å²) < 4.78 is 5.27. The normalized spacial score (nSPS) is 15.2. The van der Waals surface area contributed by atoms with Gasteiger partial charge in [-0.1, -0.05) is 6.07 Å². The van der Waals surface area contributed by atoms with Crippen LogP contribution >= 0.6 is 0 Å². The van der Waals surface area contributed by atoms with Gasteiger partial charge < -0.3 is 19.2 Å². The summed E-state index contributed by atoms with van der Waals surface area (Å²) in [6.45, 7) is 3.78. The van der Waals surface area contributed by atoms with E-state index >= 15 is 0 Å². The van der Waals surface area contributed by atoms with Crippen molar-refractivity contribution in [2.45, 2.75) is 13.3 Å². The van der Waals surface area contributed by atoms with Gasteiger partial charge in [-0.3, -0.25) is 14.4 Å². The van der Waals surface area contributed by atoms with Crippen molar-refractivity contribution < 1.29 is 14.0 Å². The van der Waals surface area contributed by atoms with E-state index in [0.717, 1.165) is 5.56 Å². The fraction of sp³-hybridized carbons (Fsp3) is 0.353. The van der Waals surface area contributed by atoms with Crippen molar-refractivity contribution in [3.8, 4) is 0 Å². The van der Waals surface area contributed by atoms with Crippen LogP contribution in [0.1, 0.15) is 33.0 Å². The predicted octanol–water partition coefficient (Wildman–Crippen LogP) is 1.26. The van der Waals surface area contributed by atoms with Crippen LogP contribution in [0.4, 0.5) is 0 Å². The molecule has 2 amide bonds. The number of carbonyl (C=O) groups excluding carboxylic acids is 2. The number of rotatable bonds is 2. The highest BCUT2D eigenvalue weighted by atomic mass is 16.3. The number of carbonyl (C=O) groups is 2. The third-order valence-corrected chi connectivity index (χ3v) is 4.13. The summed E-state index contributed by atoms with van der Waals surface area (Å²) in [4.78, 5) is 42.3. The number of aromatic amines is 1. The first-order valence-corrected chi connectivity index (χ1v) is 7.88. The number of nitrogens with one attached hydrogen (secondary N) is 1. The molecule has 7 heteroatoms. The fourth-order valence-corrected chi connectivity index (χ4v) is 2.80. The third kappa shape index (κ3) is 3.24. The Morgan fingerprint density at radius 1 is 1.04 bits per heavy atom. The molecule has 1 aliphatic rings. The quantitative estimate of drug-likeness (QED) is 0.899. The van der Waals surface area contributed by atoms with Crippen LogP contribution in [0.25, 0.3) is 0 Å². The molecule has 7 nitrogen and oxygen atoms in total. The minimum Gasteiger partial charge on any atom is -0.459 e. The van der Waals surface area contributed by atoms with Crippen LogP contribution < -0.4 is 5.56 Å². The summed E-state index contributed by atoms with van der Waals surface area (Å²) >= 11 is 0. The van der Waals surface area contributed by atoms with Crippen LogP contribution in [0.2, 0.25) is 0 Å². The number of nitrogens with zero attached hydrogens (tertiary/aromatic N) is 2. The van der Waals surface area contributed by atoms with Crippen LogP contribution in [0, 0.1) is 6.92 Å². The molecule has 24 heavy (non-hydrogen) atoms. The van der Waals surface area contributed by atoms with E-state index < -0.39 is 0 Å². The van der Waals surface area contributed by atoms with Gasteiger partial charge in [0.05, 0.1) is 6.26 Å². The van der Waals surface area contributed by atoms with Crippen molar-refractivity contribution in [2.75, 3.05) is 26.2 Å². The number of pyridine rings is 1. The predicted molar refractivity (Wildman–Crippen MR) is 86.9 cm³/mol. The lowest BCUT2D eigenvalue weighted by molar-refractivity contribution is 0.0697. The van der Waals surface area contributed by atoms with Crippen LogP contribution in [-0.4, -0.2) is 52.8 Å². The van der Waals surface area contributed by atoms with Gasteiger partial charge in [0.2, 0.25) is 5.56 Å². The fourth-order valence-electron chi connectivity index (χ4n) is 2.80. The lowest BCUT2D eigenvalue weighted by Gasteiger charge is -2.21. The van der Waals surface area contributed by atoms with Crippen LogP contribution in [0.3, 0.4) is 0 Å². The van der Waals surface area contributed by atoms with Crippen molar-refractivity contribution in [3.05, 3.63) is 57.9 Å². The average molecular weight is 329 g/mol. The maximum Gasteiger partial charge on any atom is 0.289 e. The summed E-state index contributed by atoms with van der Waals surface area (Å²) in [5.74, 6) is -0.0294. The molecule has 0 unspecified atom stereocenters. The molecule has 3 heterocycles. The molecular formula is C17H19N3O4.